The first-order valence-corrected chi connectivity index (χ1v) is 5.94. The second-order valence-corrected chi connectivity index (χ2v) is 4.62. The van der Waals surface area contributed by atoms with E-state index in [0.717, 1.165) is 5.56 Å². The second-order valence-electron chi connectivity index (χ2n) is 4.62. The number of hydrogen-bond donors (Lipinski definition) is 1. The molecule has 0 spiro atoms. The SMILES string of the molecule is Cc1c(-c2ccccc2)oc(C(C)C)c1C(=O)O. The van der Waals surface area contributed by atoms with Gasteiger partial charge in [0.05, 0.1) is 0 Å². The average Bonchev–Trinajstić information content (AvgIpc) is 2.68. The lowest BCUT2D eigenvalue weighted by atomic mass is 10.0. The third-order valence-electron chi connectivity index (χ3n) is 2.95. The molecule has 0 fully saturated rings. The molecular formula is C15H16O3. The summed E-state index contributed by atoms with van der Waals surface area (Å²) in [4.78, 5) is 11.3. The van der Waals surface area contributed by atoms with E-state index in [1.54, 1.807) is 6.92 Å². The molecule has 3 heteroatoms. The lowest BCUT2D eigenvalue weighted by molar-refractivity contribution is 0.0693. The van der Waals surface area contributed by atoms with Crippen LogP contribution in [-0.4, -0.2) is 11.1 Å². The van der Waals surface area contributed by atoms with Gasteiger partial charge in [0.2, 0.25) is 0 Å². The summed E-state index contributed by atoms with van der Waals surface area (Å²) in [5.41, 5.74) is 1.89. The van der Waals surface area contributed by atoms with Crippen LogP contribution in [0.1, 0.15) is 41.4 Å². The van der Waals surface area contributed by atoms with Crippen molar-refractivity contribution in [2.45, 2.75) is 26.7 Å². The third kappa shape index (κ3) is 2.04. The first-order chi connectivity index (χ1) is 8.52. The Kier molecular flexibility index (Phi) is 3.24. The monoisotopic (exact) mass is 244 g/mol. The topological polar surface area (TPSA) is 50.4 Å². The first-order valence-electron chi connectivity index (χ1n) is 5.94. The molecule has 0 amide bonds. The summed E-state index contributed by atoms with van der Waals surface area (Å²) in [5.74, 6) is 0.310. The molecule has 0 unspecified atom stereocenters. The highest BCUT2D eigenvalue weighted by molar-refractivity contribution is 5.93. The van der Waals surface area contributed by atoms with Gasteiger partial charge in [-0.25, -0.2) is 4.79 Å². The van der Waals surface area contributed by atoms with Crippen molar-refractivity contribution in [1.82, 2.24) is 0 Å². The molecule has 0 bridgehead atoms. The van der Waals surface area contributed by atoms with Crippen LogP contribution in [0.5, 0.6) is 0 Å². The summed E-state index contributed by atoms with van der Waals surface area (Å²) in [6.45, 7) is 5.65. The third-order valence-corrected chi connectivity index (χ3v) is 2.95. The summed E-state index contributed by atoms with van der Waals surface area (Å²) in [6.07, 6.45) is 0. The quantitative estimate of drug-likeness (QED) is 0.885. The van der Waals surface area contributed by atoms with Crippen molar-refractivity contribution < 1.29 is 14.3 Å². The average molecular weight is 244 g/mol. The molecule has 0 saturated carbocycles. The molecule has 0 atom stereocenters. The zero-order chi connectivity index (χ0) is 13.3. The van der Waals surface area contributed by atoms with Gasteiger partial charge in [-0.3, -0.25) is 0 Å². The summed E-state index contributed by atoms with van der Waals surface area (Å²) in [6, 6.07) is 9.58. The lowest BCUT2D eigenvalue weighted by Crippen LogP contribution is -2.02. The molecule has 0 aliphatic rings. The highest BCUT2D eigenvalue weighted by Gasteiger charge is 2.24. The van der Waals surface area contributed by atoms with Crippen molar-refractivity contribution in [3.8, 4) is 11.3 Å². The lowest BCUT2D eigenvalue weighted by Gasteiger charge is -2.01. The van der Waals surface area contributed by atoms with Crippen LogP contribution in [0.25, 0.3) is 11.3 Å². The number of rotatable bonds is 3. The number of carboxylic acid groups (broad SMARTS) is 1. The van der Waals surface area contributed by atoms with Gasteiger partial charge in [-0.2, -0.15) is 0 Å². The molecule has 3 nitrogen and oxygen atoms in total. The minimum absolute atomic E-state index is 0.0484. The van der Waals surface area contributed by atoms with Gasteiger partial charge in [0, 0.05) is 17.0 Å². The standard InChI is InChI=1S/C15H16O3/c1-9(2)13-12(15(16)17)10(3)14(18-13)11-7-5-4-6-8-11/h4-9H,1-3H3,(H,16,17). The largest absolute Gasteiger partial charge is 0.478 e. The van der Waals surface area contributed by atoms with Crippen LogP contribution >= 0.6 is 0 Å². The van der Waals surface area contributed by atoms with Crippen LogP contribution in [0.15, 0.2) is 34.7 Å². The van der Waals surface area contributed by atoms with Crippen molar-refractivity contribution in [3.05, 3.63) is 47.2 Å². The normalized spacial score (nSPS) is 10.9. The Morgan fingerprint density at radius 2 is 1.83 bits per heavy atom. The number of benzene rings is 1. The van der Waals surface area contributed by atoms with Gasteiger partial charge in [-0.05, 0) is 6.92 Å². The summed E-state index contributed by atoms with van der Waals surface area (Å²) < 4.78 is 5.77. The minimum atomic E-state index is -0.929. The number of carboxylic acids is 1. The molecule has 18 heavy (non-hydrogen) atoms. The van der Waals surface area contributed by atoms with E-state index in [0.29, 0.717) is 22.6 Å². The van der Waals surface area contributed by atoms with E-state index >= 15 is 0 Å². The molecule has 1 heterocycles. The number of hydrogen-bond acceptors (Lipinski definition) is 2. The number of furan rings is 1. The van der Waals surface area contributed by atoms with E-state index in [2.05, 4.69) is 0 Å². The molecule has 2 rings (SSSR count). The first kappa shape index (κ1) is 12.4. The van der Waals surface area contributed by atoms with E-state index in [4.69, 9.17) is 4.42 Å². The fourth-order valence-corrected chi connectivity index (χ4v) is 2.07. The van der Waals surface area contributed by atoms with E-state index < -0.39 is 5.97 Å². The predicted molar refractivity (Wildman–Crippen MR) is 69.9 cm³/mol. The highest BCUT2D eigenvalue weighted by Crippen LogP contribution is 2.34. The fourth-order valence-electron chi connectivity index (χ4n) is 2.07. The zero-order valence-corrected chi connectivity index (χ0v) is 10.7. The van der Waals surface area contributed by atoms with E-state index in [-0.39, 0.29) is 5.92 Å². The van der Waals surface area contributed by atoms with E-state index in [1.807, 2.05) is 44.2 Å². The minimum Gasteiger partial charge on any atom is -0.478 e. The Morgan fingerprint density at radius 3 is 2.28 bits per heavy atom. The van der Waals surface area contributed by atoms with Crippen molar-refractivity contribution in [2.24, 2.45) is 0 Å². The highest BCUT2D eigenvalue weighted by atomic mass is 16.4. The molecule has 0 radical (unpaired) electrons. The van der Waals surface area contributed by atoms with Gasteiger partial charge in [0.25, 0.3) is 0 Å². The predicted octanol–water partition coefficient (Wildman–Crippen LogP) is 4.08. The maximum Gasteiger partial charge on any atom is 0.339 e. The second kappa shape index (κ2) is 4.69. The summed E-state index contributed by atoms with van der Waals surface area (Å²) in [5, 5.41) is 9.30. The Balaban J connectivity index is 2.64. The fraction of sp³-hybridized carbons (Fsp3) is 0.267. The molecular weight excluding hydrogens is 228 g/mol. The molecule has 0 saturated heterocycles. The van der Waals surface area contributed by atoms with Crippen LogP contribution in [0.4, 0.5) is 0 Å². The van der Waals surface area contributed by atoms with E-state index in [1.165, 1.54) is 0 Å². The Labute approximate surface area is 106 Å². The number of aromatic carboxylic acids is 1. The van der Waals surface area contributed by atoms with Crippen LogP contribution in [0.2, 0.25) is 0 Å². The summed E-state index contributed by atoms with van der Waals surface area (Å²) >= 11 is 0. The van der Waals surface area contributed by atoms with Gasteiger partial charge in [0.15, 0.2) is 0 Å². The van der Waals surface area contributed by atoms with Crippen LogP contribution in [-0.2, 0) is 0 Å². The maximum absolute atomic E-state index is 11.3. The maximum atomic E-state index is 11.3. The molecule has 94 valence electrons. The van der Waals surface area contributed by atoms with Gasteiger partial charge in [-0.1, -0.05) is 44.2 Å². The molecule has 1 aromatic heterocycles. The van der Waals surface area contributed by atoms with Crippen molar-refractivity contribution in [2.75, 3.05) is 0 Å². The van der Waals surface area contributed by atoms with Crippen molar-refractivity contribution in [3.63, 3.8) is 0 Å². The van der Waals surface area contributed by atoms with Gasteiger partial charge >= 0.3 is 5.97 Å². The Morgan fingerprint density at radius 1 is 1.22 bits per heavy atom. The smallest absolute Gasteiger partial charge is 0.339 e. The van der Waals surface area contributed by atoms with Crippen LogP contribution in [0, 0.1) is 6.92 Å². The van der Waals surface area contributed by atoms with Gasteiger partial charge in [0.1, 0.15) is 17.1 Å². The van der Waals surface area contributed by atoms with Crippen molar-refractivity contribution >= 4 is 5.97 Å². The van der Waals surface area contributed by atoms with E-state index in [9.17, 15) is 9.90 Å². The van der Waals surface area contributed by atoms with Crippen LogP contribution in [0.3, 0.4) is 0 Å². The molecule has 2 aromatic rings. The Bertz CT molecular complexity index is 565. The van der Waals surface area contributed by atoms with Gasteiger partial charge in [-0.15, -0.1) is 0 Å². The molecule has 0 aliphatic carbocycles. The zero-order valence-electron chi connectivity index (χ0n) is 10.7. The molecule has 1 aromatic carbocycles. The number of carbonyl (C=O) groups is 1. The molecule has 1 N–H and O–H groups in total. The van der Waals surface area contributed by atoms with Crippen LogP contribution < -0.4 is 0 Å². The Hall–Kier alpha value is -2.03. The van der Waals surface area contributed by atoms with Crippen molar-refractivity contribution in [1.29, 1.82) is 0 Å². The molecule has 0 aliphatic heterocycles. The summed E-state index contributed by atoms with van der Waals surface area (Å²) in [7, 11) is 0. The van der Waals surface area contributed by atoms with Gasteiger partial charge < -0.3 is 9.52 Å².